The summed E-state index contributed by atoms with van der Waals surface area (Å²) in [5.74, 6) is 0.356. The van der Waals surface area contributed by atoms with Gasteiger partial charge in [0.1, 0.15) is 11.6 Å². The molecule has 2 nitrogen and oxygen atoms in total. The van der Waals surface area contributed by atoms with E-state index in [1.807, 2.05) is 31.2 Å². The Balaban J connectivity index is 2.64. The first-order valence-corrected chi connectivity index (χ1v) is 5.82. The van der Waals surface area contributed by atoms with Crippen molar-refractivity contribution in [2.24, 2.45) is 5.73 Å². The van der Waals surface area contributed by atoms with Gasteiger partial charge in [-0.3, -0.25) is 0 Å². The summed E-state index contributed by atoms with van der Waals surface area (Å²) in [6.45, 7) is 1.91. The van der Waals surface area contributed by atoms with Gasteiger partial charge in [-0.1, -0.05) is 24.3 Å². The van der Waals surface area contributed by atoms with Gasteiger partial charge < -0.3 is 10.5 Å². The van der Waals surface area contributed by atoms with Gasteiger partial charge in [-0.15, -0.1) is 0 Å². The topological polar surface area (TPSA) is 35.2 Å². The molecule has 1 atom stereocenters. The van der Waals surface area contributed by atoms with Crippen LogP contribution in [0.4, 0.5) is 4.39 Å². The maximum absolute atomic E-state index is 13.4. The van der Waals surface area contributed by atoms with Gasteiger partial charge in [-0.2, -0.15) is 0 Å². The highest BCUT2D eigenvalue weighted by Crippen LogP contribution is 2.34. The van der Waals surface area contributed by atoms with Crippen molar-refractivity contribution in [3.05, 3.63) is 53.8 Å². The highest BCUT2D eigenvalue weighted by atomic mass is 19.1. The number of benzene rings is 2. The molecule has 0 saturated heterocycles. The van der Waals surface area contributed by atoms with E-state index in [-0.39, 0.29) is 11.9 Å². The number of rotatable bonds is 3. The summed E-state index contributed by atoms with van der Waals surface area (Å²) in [5, 5.41) is 0. The molecule has 0 spiro atoms. The van der Waals surface area contributed by atoms with Crippen LogP contribution in [-0.4, -0.2) is 7.11 Å². The second-order valence-corrected chi connectivity index (χ2v) is 4.22. The highest BCUT2D eigenvalue weighted by Gasteiger charge is 2.13. The van der Waals surface area contributed by atoms with Crippen molar-refractivity contribution in [2.75, 3.05) is 7.11 Å². The first-order chi connectivity index (χ1) is 8.63. The molecule has 3 heteroatoms. The molecule has 0 aliphatic carbocycles. The van der Waals surface area contributed by atoms with Gasteiger partial charge >= 0.3 is 0 Å². The normalized spacial score (nSPS) is 12.2. The fraction of sp³-hybridized carbons (Fsp3) is 0.200. The molecule has 2 aromatic rings. The summed E-state index contributed by atoms with van der Waals surface area (Å²) in [4.78, 5) is 0. The van der Waals surface area contributed by atoms with Crippen LogP contribution < -0.4 is 10.5 Å². The van der Waals surface area contributed by atoms with Crippen LogP contribution in [0.15, 0.2) is 42.5 Å². The zero-order valence-corrected chi connectivity index (χ0v) is 10.5. The van der Waals surface area contributed by atoms with Crippen LogP contribution in [0.1, 0.15) is 18.5 Å². The lowest BCUT2D eigenvalue weighted by atomic mass is 9.95. The Bertz CT molecular complexity index is 552. The number of hydrogen-bond donors (Lipinski definition) is 1. The smallest absolute Gasteiger partial charge is 0.126 e. The Morgan fingerprint density at radius 1 is 1.11 bits per heavy atom. The van der Waals surface area contributed by atoms with Gasteiger partial charge in [0.15, 0.2) is 0 Å². The largest absolute Gasteiger partial charge is 0.496 e. The third-order valence-electron chi connectivity index (χ3n) is 2.90. The average Bonchev–Trinajstić information content (AvgIpc) is 2.38. The lowest BCUT2D eigenvalue weighted by Gasteiger charge is -2.15. The highest BCUT2D eigenvalue weighted by molar-refractivity contribution is 5.73. The van der Waals surface area contributed by atoms with Gasteiger partial charge in [-0.25, -0.2) is 4.39 Å². The fourth-order valence-corrected chi connectivity index (χ4v) is 2.03. The maximum atomic E-state index is 13.4. The average molecular weight is 245 g/mol. The first-order valence-electron chi connectivity index (χ1n) is 5.82. The molecule has 0 fully saturated rings. The van der Waals surface area contributed by atoms with Crippen LogP contribution >= 0.6 is 0 Å². The molecule has 1 unspecified atom stereocenters. The van der Waals surface area contributed by atoms with Crippen molar-refractivity contribution < 1.29 is 9.13 Å². The van der Waals surface area contributed by atoms with Crippen molar-refractivity contribution in [1.29, 1.82) is 0 Å². The number of halogens is 1. The Morgan fingerprint density at radius 2 is 1.83 bits per heavy atom. The standard InChI is InChI=1S/C15H16FNO/c1-10(17)12-5-3-4-6-13(12)14-9-11(16)7-8-15(14)18-2/h3-10H,17H2,1-2H3. The summed E-state index contributed by atoms with van der Waals surface area (Å²) in [5.41, 5.74) is 8.55. The van der Waals surface area contributed by atoms with Gasteiger partial charge in [-0.05, 0) is 36.2 Å². The summed E-state index contributed by atoms with van der Waals surface area (Å²) >= 11 is 0. The van der Waals surface area contributed by atoms with Crippen LogP contribution in [0.5, 0.6) is 5.75 Å². The molecule has 2 aromatic carbocycles. The van der Waals surface area contributed by atoms with Crippen molar-refractivity contribution in [1.82, 2.24) is 0 Å². The monoisotopic (exact) mass is 245 g/mol. The number of nitrogens with two attached hydrogens (primary N) is 1. The maximum Gasteiger partial charge on any atom is 0.126 e. The molecule has 0 radical (unpaired) electrons. The molecule has 2 rings (SSSR count). The van der Waals surface area contributed by atoms with Crippen molar-refractivity contribution in [3.63, 3.8) is 0 Å². The SMILES string of the molecule is COc1ccc(F)cc1-c1ccccc1C(C)N. The Hall–Kier alpha value is -1.87. The minimum Gasteiger partial charge on any atom is -0.496 e. The van der Waals surface area contributed by atoms with Gasteiger partial charge in [0.25, 0.3) is 0 Å². The second kappa shape index (κ2) is 5.19. The molecule has 94 valence electrons. The summed E-state index contributed by atoms with van der Waals surface area (Å²) in [6, 6.07) is 12.1. The molecule has 0 aliphatic heterocycles. The molecule has 0 aliphatic rings. The van der Waals surface area contributed by atoms with Gasteiger partial charge in [0.2, 0.25) is 0 Å². The molecule has 2 N–H and O–H groups in total. The van der Waals surface area contributed by atoms with Crippen LogP contribution in [0.2, 0.25) is 0 Å². The molecular formula is C15H16FNO. The Morgan fingerprint density at radius 3 is 2.50 bits per heavy atom. The molecule has 0 aromatic heterocycles. The van der Waals surface area contributed by atoms with Crippen LogP contribution in [0, 0.1) is 5.82 Å². The third-order valence-corrected chi connectivity index (χ3v) is 2.90. The Kier molecular flexibility index (Phi) is 3.63. The van der Waals surface area contributed by atoms with E-state index in [0.29, 0.717) is 5.75 Å². The van der Waals surface area contributed by atoms with E-state index >= 15 is 0 Å². The van der Waals surface area contributed by atoms with Gasteiger partial charge in [0, 0.05) is 11.6 Å². The predicted octanol–water partition coefficient (Wildman–Crippen LogP) is 3.52. The summed E-state index contributed by atoms with van der Waals surface area (Å²) in [6.07, 6.45) is 0. The number of methoxy groups -OCH3 is 1. The van der Waals surface area contributed by atoms with E-state index < -0.39 is 0 Å². The zero-order chi connectivity index (χ0) is 13.1. The van der Waals surface area contributed by atoms with E-state index in [0.717, 1.165) is 16.7 Å². The molecule has 0 bridgehead atoms. The van der Waals surface area contributed by atoms with Crippen molar-refractivity contribution in [2.45, 2.75) is 13.0 Å². The van der Waals surface area contributed by atoms with Gasteiger partial charge in [0.05, 0.1) is 7.11 Å². The lowest BCUT2D eigenvalue weighted by molar-refractivity contribution is 0.415. The lowest BCUT2D eigenvalue weighted by Crippen LogP contribution is -2.06. The fourth-order valence-electron chi connectivity index (χ4n) is 2.03. The quantitative estimate of drug-likeness (QED) is 0.898. The molecule has 18 heavy (non-hydrogen) atoms. The minimum absolute atomic E-state index is 0.117. The van der Waals surface area contributed by atoms with Crippen LogP contribution in [-0.2, 0) is 0 Å². The van der Waals surface area contributed by atoms with Crippen molar-refractivity contribution >= 4 is 0 Å². The van der Waals surface area contributed by atoms with Crippen LogP contribution in [0.3, 0.4) is 0 Å². The molecule has 0 saturated carbocycles. The zero-order valence-electron chi connectivity index (χ0n) is 10.5. The molecule has 0 amide bonds. The first kappa shape index (κ1) is 12.6. The van der Waals surface area contributed by atoms with E-state index in [1.165, 1.54) is 12.1 Å². The number of ether oxygens (including phenoxy) is 1. The third kappa shape index (κ3) is 2.36. The molecular weight excluding hydrogens is 229 g/mol. The summed E-state index contributed by atoms with van der Waals surface area (Å²) < 4.78 is 18.7. The predicted molar refractivity (Wildman–Crippen MR) is 71.0 cm³/mol. The van der Waals surface area contributed by atoms with Crippen molar-refractivity contribution in [3.8, 4) is 16.9 Å². The van der Waals surface area contributed by atoms with E-state index in [1.54, 1.807) is 13.2 Å². The van der Waals surface area contributed by atoms with Crippen LogP contribution in [0.25, 0.3) is 11.1 Å². The van der Waals surface area contributed by atoms with E-state index in [4.69, 9.17) is 10.5 Å². The van der Waals surface area contributed by atoms with E-state index in [9.17, 15) is 4.39 Å². The summed E-state index contributed by atoms with van der Waals surface area (Å²) in [7, 11) is 1.57. The molecule has 0 heterocycles. The second-order valence-electron chi connectivity index (χ2n) is 4.22. The Labute approximate surface area is 106 Å². The number of hydrogen-bond acceptors (Lipinski definition) is 2. The minimum atomic E-state index is -0.287. The van der Waals surface area contributed by atoms with E-state index in [2.05, 4.69) is 0 Å².